The van der Waals surface area contributed by atoms with Crippen molar-refractivity contribution in [2.45, 2.75) is 0 Å². The first kappa shape index (κ1) is 15.6. The lowest BCUT2D eigenvalue weighted by atomic mass is 10.1. The normalized spacial score (nSPS) is 12.8. The zero-order valence-corrected chi connectivity index (χ0v) is 13.3. The van der Waals surface area contributed by atoms with Crippen molar-refractivity contribution in [2.24, 2.45) is 0 Å². The molecule has 0 fully saturated rings. The average Bonchev–Trinajstić information content (AvgIpc) is 2.94. The summed E-state index contributed by atoms with van der Waals surface area (Å²) < 4.78 is 0. The van der Waals surface area contributed by atoms with Gasteiger partial charge in [0.25, 0.3) is 11.8 Å². The van der Waals surface area contributed by atoms with E-state index in [-0.39, 0.29) is 16.7 Å². The van der Waals surface area contributed by atoms with Gasteiger partial charge in [-0.25, -0.2) is 14.8 Å². The number of fused-ring (bicyclic) bond motifs is 1. The SMILES string of the molecule is O=C(ON1C(=O)c2ccccc2C1=O)c1cncnc1-c1ccccc1. The highest BCUT2D eigenvalue weighted by atomic mass is 16.7. The van der Waals surface area contributed by atoms with E-state index in [2.05, 4.69) is 9.97 Å². The van der Waals surface area contributed by atoms with Crippen LogP contribution in [-0.4, -0.2) is 32.8 Å². The Bertz CT molecular complexity index is 999. The number of rotatable bonds is 3. The van der Waals surface area contributed by atoms with E-state index in [1.807, 2.05) is 6.07 Å². The van der Waals surface area contributed by atoms with Crippen LogP contribution >= 0.6 is 0 Å². The molecule has 1 aromatic heterocycles. The number of nitrogens with zero attached hydrogens (tertiary/aromatic N) is 3. The first-order valence-electron chi connectivity index (χ1n) is 7.72. The number of carbonyl (C=O) groups is 3. The fourth-order valence-electron chi connectivity index (χ4n) is 2.69. The van der Waals surface area contributed by atoms with E-state index in [0.29, 0.717) is 16.3 Å². The first-order chi connectivity index (χ1) is 12.7. The van der Waals surface area contributed by atoms with Crippen molar-refractivity contribution in [3.63, 3.8) is 0 Å². The van der Waals surface area contributed by atoms with Gasteiger partial charge in [0.1, 0.15) is 11.9 Å². The first-order valence-corrected chi connectivity index (χ1v) is 7.72. The monoisotopic (exact) mass is 345 g/mol. The molecule has 0 N–H and O–H groups in total. The molecular weight excluding hydrogens is 334 g/mol. The Morgan fingerprint density at radius 3 is 2.15 bits per heavy atom. The molecule has 0 spiro atoms. The summed E-state index contributed by atoms with van der Waals surface area (Å²) in [5.74, 6) is -2.26. The summed E-state index contributed by atoms with van der Waals surface area (Å²) in [4.78, 5) is 50.3. The smallest absolute Gasteiger partial charge is 0.324 e. The lowest BCUT2D eigenvalue weighted by Gasteiger charge is -2.13. The van der Waals surface area contributed by atoms with Crippen LogP contribution in [0.4, 0.5) is 0 Å². The van der Waals surface area contributed by atoms with E-state index < -0.39 is 17.8 Å². The number of carbonyl (C=O) groups excluding carboxylic acids is 3. The Morgan fingerprint density at radius 2 is 1.50 bits per heavy atom. The van der Waals surface area contributed by atoms with Crippen LogP contribution in [0.1, 0.15) is 31.1 Å². The molecule has 2 heterocycles. The highest BCUT2D eigenvalue weighted by molar-refractivity contribution is 6.21. The van der Waals surface area contributed by atoms with Crippen molar-refractivity contribution in [1.82, 2.24) is 15.0 Å². The highest BCUT2D eigenvalue weighted by Gasteiger charge is 2.39. The van der Waals surface area contributed by atoms with Gasteiger partial charge in [-0.15, -0.1) is 0 Å². The molecule has 7 nitrogen and oxygen atoms in total. The van der Waals surface area contributed by atoms with Crippen LogP contribution in [0.3, 0.4) is 0 Å². The van der Waals surface area contributed by atoms with E-state index in [1.54, 1.807) is 36.4 Å². The second kappa shape index (κ2) is 6.21. The molecule has 0 saturated heterocycles. The van der Waals surface area contributed by atoms with Crippen LogP contribution < -0.4 is 0 Å². The van der Waals surface area contributed by atoms with Crippen molar-refractivity contribution in [3.8, 4) is 11.3 Å². The van der Waals surface area contributed by atoms with Gasteiger partial charge >= 0.3 is 5.97 Å². The van der Waals surface area contributed by atoms with Crippen LogP contribution in [0.25, 0.3) is 11.3 Å². The number of hydrogen-bond acceptors (Lipinski definition) is 6. The Morgan fingerprint density at radius 1 is 0.885 bits per heavy atom. The average molecular weight is 345 g/mol. The molecule has 1 aliphatic rings. The molecule has 3 aromatic rings. The lowest BCUT2D eigenvalue weighted by molar-refractivity contribution is -0.0584. The molecule has 0 saturated carbocycles. The topological polar surface area (TPSA) is 89.5 Å². The maximum Gasteiger partial charge on any atom is 0.367 e. The minimum absolute atomic E-state index is 0.0512. The second-order valence-electron chi connectivity index (χ2n) is 5.48. The number of benzene rings is 2. The predicted molar refractivity (Wildman–Crippen MR) is 89.8 cm³/mol. The van der Waals surface area contributed by atoms with E-state index in [0.717, 1.165) is 0 Å². The molecule has 126 valence electrons. The summed E-state index contributed by atoms with van der Waals surface area (Å²) in [6.45, 7) is 0. The maximum absolute atomic E-state index is 12.6. The van der Waals surface area contributed by atoms with Gasteiger partial charge in [0, 0.05) is 11.8 Å². The van der Waals surface area contributed by atoms with Crippen LogP contribution in [0.15, 0.2) is 67.1 Å². The minimum atomic E-state index is -0.890. The van der Waals surface area contributed by atoms with E-state index in [9.17, 15) is 14.4 Å². The summed E-state index contributed by atoms with van der Waals surface area (Å²) in [6.07, 6.45) is 2.59. The summed E-state index contributed by atoms with van der Waals surface area (Å²) in [7, 11) is 0. The van der Waals surface area contributed by atoms with Crippen molar-refractivity contribution in [2.75, 3.05) is 0 Å². The Labute approximate surface area is 147 Å². The number of imide groups is 1. The van der Waals surface area contributed by atoms with Crippen molar-refractivity contribution < 1.29 is 19.2 Å². The fourth-order valence-corrected chi connectivity index (χ4v) is 2.69. The number of hydrogen-bond donors (Lipinski definition) is 0. The minimum Gasteiger partial charge on any atom is -0.324 e. The van der Waals surface area contributed by atoms with Gasteiger partial charge in [-0.05, 0) is 12.1 Å². The van der Waals surface area contributed by atoms with Gasteiger partial charge in [0.2, 0.25) is 0 Å². The van der Waals surface area contributed by atoms with Crippen LogP contribution in [0, 0.1) is 0 Å². The molecule has 0 radical (unpaired) electrons. The van der Waals surface area contributed by atoms with E-state index >= 15 is 0 Å². The molecule has 2 amide bonds. The number of hydroxylamine groups is 2. The lowest BCUT2D eigenvalue weighted by Crippen LogP contribution is -2.33. The number of aromatic nitrogens is 2. The van der Waals surface area contributed by atoms with Crippen LogP contribution in [-0.2, 0) is 4.84 Å². The Hall–Kier alpha value is -3.87. The zero-order valence-electron chi connectivity index (χ0n) is 13.3. The molecule has 0 aliphatic carbocycles. The van der Waals surface area contributed by atoms with Gasteiger partial charge in [0.15, 0.2) is 0 Å². The summed E-state index contributed by atoms with van der Waals surface area (Å²) >= 11 is 0. The van der Waals surface area contributed by atoms with Crippen LogP contribution in [0.5, 0.6) is 0 Å². The fraction of sp³-hybridized carbons (Fsp3) is 0. The van der Waals surface area contributed by atoms with Gasteiger partial charge in [-0.3, -0.25) is 9.59 Å². The summed E-state index contributed by atoms with van der Waals surface area (Å²) in [5.41, 5.74) is 1.47. The third kappa shape index (κ3) is 2.51. The molecule has 4 rings (SSSR count). The maximum atomic E-state index is 12.6. The molecule has 0 atom stereocenters. The van der Waals surface area contributed by atoms with Crippen molar-refractivity contribution in [1.29, 1.82) is 0 Å². The zero-order chi connectivity index (χ0) is 18.1. The van der Waals surface area contributed by atoms with Gasteiger partial charge in [0.05, 0.1) is 16.8 Å². The van der Waals surface area contributed by atoms with Crippen molar-refractivity contribution >= 4 is 17.8 Å². The van der Waals surface area contributed by atoms with Gasteiger partial charge in [-0.1, -0.05) is 47.5 Å². The third-order valence-electron chi connectivity index (χ3n) is 3.91. The van der Waals surface area contributed by atoms with Crippen molar-refractivity contribution in [3.05, 3.63) is 83.8 Å². The molecule has 0 unspecified atom stereocenters. The van der Waals surface area contributed by atoms with E-state index in [4.69, 9.17) is 4.84 Å². The third-order valence-corrected chi connectivity index (χ3v) is 3.91. The Kier molecular flexibility index (Phi) is 3.74. The largest absolute Gasteiger partial charge is 0.367 e. The standard InChI is InChI=1S/C19H11N3O4/c23-17-13-8-4-5-9-14(13)18(24)22(17)26-19(25)15-10-20-11-21-16(15)12-6-2-1-3-7-12/h1-11H. The van der Waals surface area contributed by atoms with Crippen LogP contribution in [0.2, 0.25) is 0 Å². The molecule has 1 aliphatic heterocycles. The number of amides is 2. The Balaban J connectivity index is 1.65. The molecule has 7 heteroatoms. The second-order valence-corrected chi connectivity index (χ2v) is 5.48. The van der Waals surface area contributed by atoms with Gasteiger partial charge in [-0.2, -0.15) is 0 Å². The highest BCUT2D eigenvalue weighted by Crippen LogP contribution is 2.25. The quantitative estimate of drug-likeness (QED) is 0.678. The molecular formula is C19H11N3O4. The van der Waals surface area contributed by atoms with Gasteiger partial charge < -0.3 is 4.84 Å². The molecule has 0 bridgehead atoms. The van der Waals surface area contributed by atoms with E-state index in [1.165, 1.54) is 24.7 Å². The summed E-state index contributed by atoms with van der Waals surface area (Å²) in [5, 5.41) is 0.467. The molecule has 26 heavy (non-hydrogen) atoms. The summed E-state index contributed by atoms with van der Waals surface area (Å²) in [6, 6.07) is 15.3. The predicted octanol–water partition coefficient (Wildman–Crippen LogP) is 2.51. The molecule has 2 aromatic carbocycles.